The standard InChI is InChI=1S/C10H12N4O2S/c1-6-7(4-13-14-6)3-11-10-12-5-8(17-10)9(15)16-2/h4-5H,3H2,1-2H3,(H,11,12)(H,13,14). The Hall–Kier alpha value is -1.89. The average molecular weight is 252 g/mol. The lowest BCUT2D eigenvalue weighted by molar-refractivity contribution is 0.0606. The molecule has 2 rings (SSSR count). The van der Waals surface area contributed by atoms with Gasteiger partial charge >= 0.3 is 5.97 Å². The summed E-state index contributed by atoms with van der Waals surface area (Å²) in [6.45, 7) is 2.57. The number of ether oxygens (including phenoxy) is 1. The van der Waals surface area contributed by atoms with Crippen molar-refractivity contribution in [2.75, 3.05) is 12.4 Å². The van der Waals surface area contributed by atoms with Gasteiger partial charge in [-0.1, -0.05) is 11.3 Å². The molecule has 17 heavy (non-hydrogen) atoms. The number of nitrogens with one attached hydrogen (secondary N) is 2. The Kier molecular flexibility index (Phi) is 3.38. The van der Waals surface area contributed by atoms with Crippen molar-refractivity contribution < 1.29 is 9.53 Å². The summed E-state index contributed by atoms with van der Waals surface area (Å²) in [5, 5.41) is 10.6. The van der Waals surface area contributed by atoms with Crippen molar-refractivity contribution in [3.8, 4) is 0 Å². The van der Waals surface area contributed by atoms with E-state index in [1.165, 1.54) is 24.6 Å². The van der Waals surface area contributed by atoms with Gasteiger partial charge in [-0.15, -0.1) is 0 Å². The summed E-state index contributed by atoms with van der Waals surface area (Å²) in [5.41, 5.74) is 2.09. The number of aromatic amines is 1. The summed E-state index contributed by atoms with van der Waals surface area (Å²) in [6, 6.07) is 0. The second-order valence-electron chi connectivity index (χ2n) is 3.40. The van der Waals surface area contributed by atoms with Gasteiger partial charge in [0.15, 0.2) is 5.13 Å². The summed E-state index contributed by atoms with van der Waals surface area (Å²) in [4.78, 5) is 15.8. The van der Waals surface area contributed by atoms with Crippen LogP contribution >= 0.6 is 11.3 Å². The van der Waals surface area contributed by atoms with Gasteiger partial charge in [0.2, 0.25) is 0 Å². The maximum absolute atomic E-state index is 11.2. The molecule has 0 amide bonds. The van der Waals surface area contributed by atoms with Crippen LogP contribution in [0, 0.1) is 6.92 Å². The number of nitrogens with zero attached hydrogens (tertiary/aromatic N) is 2. The zero-order valence-corrected chi connectivity index (χ0v) is 10.3. The van der Waals surface area contributed by atoms with E-state index >= 15 is 0 Å². The fourth-order valence-corrected chi connectivity index (χ4v) is 2.01. The Morgan fingerprint density at radius 3 is 3.06 bits per heavy atom. The van der Waals surface area contributed by atoms with Crippen LogP contribution in [0.2, 0.25) is 0 Å². The largest absolute Gasteiger partial charge is 0.465 e. The Balaban J connectivity index is 1.98. The number of thiazole rings is 1. The van der Waals surface area contributed by atoms with E-state index in [2.05, 4.69) is 25.2 Å². The summed E-state index contributed by atoms with van der Waals surface area (Å²) in [7, 11) is 1.35. The molecule has 0 saturated carbocycles. The average Bonchev–Trinajstić information content (AvgIpc) is 2.94. The van der Waals surface area contributed by atoms with Crippen LogP contribution < -0.4 is 5.32 Å². The van der Waals surface area contributed by atoms with Crippen LogP contribution in [0.1, 0.15) is 20.9 Å². The van der Waals surface area contributed by atoms with Gasteiger partial charge in [0.1, 0.15) is 4.88 Å². The number of H-pyrrole nitrogens is 1. The van der Waals surface area contributed by atoms with Crippen molar-refractivity contribution in [3.63, 3.8) is 0 Å². The van der Waals surface area contributed by atoms with Crippen molar-refractivity contribution in [1.29, 1.82) is 0 Å². The summed E-state index contributed by atoms with van der Waals surface area (Å²) in [5.74, 6) is -0.366. The lowest BCUT2D eigenvalue weighted by Crippen LogP contribution is -1.99. The number of aryl methyl sites for hydroxylation is 1. The predicted molar refractivity (Wildman–Crippen MR) is 64.1 cm³/mol. The second-order valence-corrected chi connectivity index (χ2v) is 4.43. The van der Waals surface area contributed by atoms with Crippen molar-refractivity contribution in [2.45, 2.75) is 13.5 Å². The Labute approximate surface area is 102 Å². The first-order chi connectivity index (χ1) is 8.20. The van der Waals surface area contributed by atoms with E-state index in [0.717, 1.165) is 11.3 Å². The highest BCUT2D eigenvalue weighted by Gasteiger charge is 2.10. The van der Waals surface area contributed by atoms with Gasteiger partial charge in [-0.2, -0.15) is 5.10 Å². The van der Waals surface area contributed by atoms with Crippen LogP contribution in [-0.4, -0.2) is 28.3 Å². The first kappa shape index (κ1) is 11.6. The van der Waals surface area contributed by atoms with E-state index in [1.807, 2.05) is 6.92 Å². The fourth-order valence-electron chi connectivity index (χ4n) is 1.28. The van der Waals surface area contributed by atoms with Gasteiger partial charge in [0.05, 0.1) is 19.5 Å². The van der Waals surface area contributed by atoms with Crippen LogP contribution in [0.25, 0.3) is 0 Å². The van der Waals surface area contributed by atoms with Crippen LogP contribution in [-0.2, 0) is 11.3 Å². The number of aromatic nitrogens is 3. The quantitative estimate of drug-likeness (QED) is 0.807. The molecule has 0 fully saturated rings. The molecule has 0 aliphatic carbocycles. The molecule has 2 N–H and O–H groups in total. The lowest BCUT2D eigenvalue weighted by atomic mass is 10.3. The van der Waals surface area contributed by atoms with E-state index in [0.29, 0.717) is 16.6 Å². The van der Waals surface area contributed by atoms with Gasteiger partial charge in [0.25, 0.3) is 0 Å². The molecule has 0 atom stereocenters. The molecule has 2 aromatic rings. The number of anilines is 1. The highest BCUT2D eigenvalue weighted by atomic mass is 32.1. The Bertz CT molecular complexity index is 520. The van der Waals surface area contributed by atoms with Crippen molar-refractivity contribution in [2.24, 2.45) is 0 Å². The molecule has 0 spiro atoms. The topological polar surface area (TPSA) is 79.9 Å². The zero-order valence-electron chi connectivity index (χ0n) is 9.48. The third-order valence-corrected chi connectivity index (χ3v) is 3.19. The molecule has 7 heteroatoms. The third kappa shape index (κ3) is 2.62. The van der Waals surface area contributed by atoms with E-state index in [-0.39, 0.29) is 5.97 Å². The van der Waals surface area contributed by atoms with E-state index < -0.39 is 0 Å². The number of esters is 1. The van der Waals surface area contributed by atoms with Crippen LogP contribution in [0.4, 0.5) is 5.13 Å². The van der Waals surface area contributed by atoms with Crippen LogP contribution in [0.15, 0.2) is 12.4 Å². The first-order valence-electron chi connectivity index (χ1n) is 4.97. The molecule has 0 aliphatic rings. The molecule has 0 bridgehead atoms. The molecule has 2 aromatic heterocycles. The zero-order chi connectivity index (χ0) is 12.3. The maximum atomic E-state index is 11.2. The molecular weight excluding hydrogens is 240 g/mol. The predicted octanol–water partition coefficient (Wildman–Crippen LogP) is 1.57. The van der Waals surface area contributed by atoms with Crippen molar-refractivity contribution >= 4 is 22.4 Å². The molecule has 90 valence electrons. The van der Waals surface area contributed by atoms with Crippen molar-refractivity contribution in [1.82, 2.24) is 15.2 Å². The summed E-state index contributed by atoms with van der Waals surface area (Å²) < 4.78 is 4.61. The molecule has 0 saturated heterocycles. The van der Waals surface area contributed by atoms with Gasteiger partial charge in [-0.3, -0.25) is 5.10 Å². The lowest BCUT2D eigenvalue weighted by Gasteiger charge is -2.00. The smallest absolute Gasteiger partial charge is 0.349 e. The van der Waals surface area contributed by atoms with E-state index in [4.69, 9.17) is 0 Å². The number of carbonyl (C=O) groups excluding carboxylic acids is 1. The number of rotatable bonds is 4. The van der Waals surface area contributed by atoms with Gasteiger partial charge in [-0.05, 0) is 6.92 Å². The molecule has 0 unspecified atom stereocenters. The van der Waals surface area contributed by atoms with Crippen LogP contribution in [0.3, 0.4) is 0 Å². The Morgan fingerprint density at radius 1 is 1.59 bits per heavy atom. The highest BCUT2D eigenvalue weighted by molar-refractivity contribution is 7.17. The normalized spacial score (nSPS) is 10.2. The van der Waals surface area contributed by atoms with E-state index in [9.17, 15) is 4.79 Å². The molecular formula is C10H12N4O2S. The van der Waals surface area contributed by atoms with Gasteiger partial charge in [-0.25, -0.2) is 9.78 Å². The number of methoxy groups -OCH3 is 1. The summed E-state index contributed by atoms with van der Waals surface area (Å²) >= 11 is 1.27. The van der Waals surface area contributed by atoms with Gasteiger partial charge < -0.3 is 10.1 Å². The minimum absolute atomic E-state index is 0.366. The van der Waals surface area contributed by atoms with Crippen LogP contribution in [0.5, 0.6) is 0 Å². The second kappa shape index (κ2) is 4.96. The number of hydrogen-bond acceptors (Lipinski definition) is 6. The SMILES string of the molecule is COC(=O)c1cnc(NCc2cn[nH]c2C)s1. The molecule has 2 heterocycles. The minimum Gasteiger partial charge on any atom is -0.465 e. The van der Waals surface area contributed by atoms with Crippen molar-refractivity contribution in [3.05, 3.63) is 28.5 Å². The first-order valence-corrected chi connectivity index (χ1v) is 5.79. The molecule has 0 aromatic carbocycles. The fraction of sp³-hybridized carbons (Fsp3) is 0.300. The van der Waals surface area contributed by atoms with Gasteiger partial charge in [0, 0.05) is 17.8 Å². The minimum atomic E-state index is -0.366. The number of hydrogen-bond donors (Lipinski definition) is 2. The third-order valence-electron chi connectivity index (χ3n) is 2.26. The number of carbonyl (C=O) groups is 1. The highest BCUT2D eigenvalue weighted by Crippen LogP contribution is 2.19. The van der Waals surface area contributed by atoms with E-state index in [1.54, 1.807) is 6.20 Å². The molecule has 0 aliphatic heterocycles. The summed E-state index contributed by atoms with van der Waals surface area (Å²) in [6.07, 6.45) is 3.26. The molecule has 6 nitrogen and oxygen atoms in total. The molecule has 0 radical (unpaired) electrons. The maximum Gasteiger partial charge on any atom is 0.349 e. The monoisotopic (exact) mass is 252 g/mol. The Morgan fingerprint density at radius 2 is 2.41 bits per heavy atom.